The Labute approximate surface area is 146 Å². The molecule has 0 atom stereocenters. The molecule has 0 heterocycles. The van der Waals surface area contributed by atoms with Crippen LogP contribution in [-0.2, 0) is 11.2 Å². The molecule has 0 aromatic heterocycles. The van der Waals surface area contributed by atoms with Crippen molar-refractivity contribution >= 4 is 11.9 Å². The van der Waals surface area contributed by atoms with Gasteiger partial charge in [0.1, 0.15) is 11.5 Å². The fraction of sp³-hybridized carbons (Fsp3) is 0.263. The maximum Gasteiger partial charge on any atom is 0.335 e. The van der Waals surface area contributed by atoms with Crippen molar-refractivity contribution in [2.45, 2.75) is 13.3 Å². The minimum Gasteiger partial charge on any atom is -0.496 e. The van der Waals surface area contributed by atoms with Crippen LogP contribution in [0.1, 0.15) is 21.5 Å². The van der Waals surface area contributed by atoms with E-state index in [4.69, 9.17) is 14.6 Å². The molecule has 0 unspecified atom stereocenters. The van der Waals surface area contributed by atoms with Crippen LogP contribution in [0.5, 0.6) is 11.5 Å². The van der Waals surface area contributed by atoms with Gasteiger partial charge in [-0.25, -0.2) is 4.79 Å². The van der Waals surface area contributed by atoms with Crippen LogP contribution >= 0.6 is 0 Å². The largest absolute Gasteiger partial charge is 0.496 e. The summed E-state index contributed by atoms with van der Waals surface area (Å²) in [7, 11) is 1.60. The highest BCUT2D eigenvalue weighted by molar-refractivity contribution is 5.87. The number of aromatic carboxylic acids is 1. The molecule has 2 rings (SSSR count). The quantitative estimate of drug-likeness (QED) is 0.769. The van der Waals surface area contributed by atoms with E-state index in [1.54, 1.807) is 43.5 Å². The van der Waals surface area contributed by atoms with Crippen molar-refractivity contribution in [1.82, 2.24) is 5.32 Å². The van der Waals surface area contributed by atoms with Crippen molar-refractivity contribution in [1.29, 1.82) is 0 Å². The Morgan fingerprint density at radius 2 is 1.84 bits per heavy atom. The molecule has 0 aliphatic rings. The highest BCUT2D eigenvalue weighted by atomic mass is 16.5. The second-order valence-corrected chi connectivity index (χ2v) is 5.52. The van der Waals surface area contributed by atoms with Crippen molar-refractivity contribution in [3.05, 3.63) is 59.2 Å². The second kappa shape index (κ2) is 8.73. The molecule has 132 valence electrons. The molecule has 0 aliphatic heterocycles. The number of methoxy groups -OCH3 is 1. The third kappa shape index (κ3) is 5.53. The number of carboxylic acids is 1. The molecular formula is C19H21NO5. The van der Waals surface area contributed by atoms with Crippen LogP contribution in [0.2, 0.25) is 0 Å². The Balaban J connectivity index is 1.73. The molecule has 2 N–H and O–H groups in total. The standard InChI is InChI=1S/C19H21NO5/c1-13-11-16(7-8-17(13)24-2)25-12-18(21)20-10-9-14-3-5-15(6-4-14)19(22)23/h3-8,11H,9-10,12H2,1-2H3,(H,20,21)(H,22,23). The number of ether oxygens (including phenoxy) is 2. The van der Waals surface area contributed by atoms with Crippen LogP contribution in [0.3, 0.4) is 0 Å². The van der Waals surface area contributed by atoms with Crippen LogP contribution in [-0.4, -0.2) is 37.2 Å². The topological polar surface area (TPSA) is 84.9 Å². The van der Waals surface area contributed by atoms with Crippen LogP contribution in [0.4, 0.5) is 0 Å². The highest BCUT2D eigenvalue weighted by Gasteiger charge is 2.06. The van der Waals surface area contributed by atoms with Crippen molar-refractivity contribution in [2.24, 2.45) is 0 Å². The van der Waals surface area contributed by atoms with Crippen molar-refractivity contribution in [3.8, 4) is 11.5 Å². The van der Waals surface area contributed by atoms with Crippen LogP contribution in [0.25, 0.3) is 0 Å². The molecular weight excluding hydrogens is 322 g/mol. The summed E-state index contributed by atoms with van der Waals surface area (Å²) in [4.78, 5) is 22.6. The number of benzene rings is 2. The summed E-state index contributed by atoms with van der Waals surface area (Å²) in [5, 5.41) is 11.6. The lowest BCUT2D eigenvalue weighted by Crippen LogP contribution is -2.30. The third-order valence-corrected chi connectivity index (χ3v) is 3.67. The Morgan fingerprint density at radius 3 is 2.44 bits per heavy atom. The molecule has 0 saturated heterocycles. The van der Waals surface area contributed by atoms with E-state index >= 15 is 0 Å². The summed E-state index contributed by atoms with van der Waals surface area (Å²) in [5.41, 5.74) is 2.14. The minimum atomic E-state index is -0.953. The van der Waals surface area contributed by atoms with Gasteiger partial charge < -0.3 is 19.9 Å². The first-order valence-electron chi connectivity index (χ1n) is 7.86. The van der Waals surface area contributed by atoms with Gasteiger partial charge in [-0.15, -0.1) is 0 Å². The summed E-state index contributed by atoms with van der Waals surface area (Å²) in [6, 6.07) is 11.9. The summed E-state index contributed by atoms with van der Waals surface area (Å²) < 4.78 is 10.6. The monoisotopic (exact) mass is 343 g/mol. The van der Waals surface area contributed by atoms with Gasteiger partial charge in [-0.3, -0.25) is 4.79 Å². The Kier molecular flexibility index (Phi) is 6.39. The molecule has 0 bridgehead atoms. The van der Waals surface area contributed by atoms with E-state index in [-0.39, 0.29) is 18.1 Å². The lowest BCUT2D eigenvalue weighted by molar-refractivity contribution is -0.123. The average Bonchev–Trinajstić information content (AvgIpc) is 2.60. The van der Waals surface area contributed by atoms with Gasteiger partial charge in [0.05, 0.1) is 12.7 Å². The summed E-state index contributed by atoms with van der Waals surface area (Å²) >= 11 is 0. The predicted octanol–water partition coefficient (Wildman–Crippen LogP) is 2.44. The lowest BCUT2D eigenvalue weighted by Gasteiger charge is -2.10. The number of nitrogens with one attached hydrogen (secondary N) is 1. The first-order valence-corrected chi connectivity index (χ1v) is 7.86. The predicted molar refractivity (Wildman–Crippen MR) is 93.3 cm³/mol. The fourth-order valence-electron chi connectivity index (χ4n) is 2.30. The molecule has 0 fully saturated rings. The van der Waals surface area contributed by atoms with Crippen molar-refractivity contribution in [3.63, 3.8) is 0 Å². The number of amides is 1. The van der Waals surface area contributed by atoms with E-state index in [1.807, 2.05) is 13.0 Å². The van der Waals surface area contributed by atoms with E-state index < -0.39 is 5.97 Å². The number of carbonyl (C=O) groups is 2. The maximum absolute atomic E-state index is 11.8. The van der Waals surface area contributed by atoms with E-state index in [1.165, 1.54) is 0 Å². The zero-order valence-corrected chi connectivity index (χ0v) is 14.2. The van der Waals surface area contributed by atoms with Crippen molar-refractivity contribution in [2.75, 3.05) is 20.3 Å². The number of carboxylic acid groups (broad SMARTS) is 1. The number of aryl methyl sites for hydroxylation is 1. The van der Waals surface area contributed by atoms with E-state index in [2.05, 4.69) is 5.32 Å². The van der Waals surface area contributed by atoms with Gasteiger partial charge >= 0.3 is 5.97 Å². The summed E-state index contributed by atoms with van der Waals surface area (Å²) in [5.74, 6) is 0.213. The third-order valence-electron chi connectivity index (χ3n) is 3.67. The van der Waals surface area contributed by atoms with E-state index in [9.17, 15) is 9.59 Å². The molecule has 0 aliphatic carbocycles. The molecule has 1 amide bonds. The molecule has 25 heavy (non-hydrogen) atoms. The van der Waals surface area contributed by atoms with Gasteiger partial charge in [0.25, 0.3) is 5.91 Å². The molecule has 6 nitrogen and oxygen atoms in total. The minimum absolute atomic E-state index is 0.0658. The van der Waals surface area contributed by atoms with Gasteiger partial charge in [-0.2, -0.15) is 0 Å². The van der Waals surface area contributed by atoms with Crippen molar-refractivity contribution < 1.29 is 24.2 Å². The normalized spacial score (nSPS) is 10.2. The first-order chi connectivity index (χ1) is 12.0. The highest BCUT2D eigenvalue weighted by Crippen LogP contribution is 2.22. The lowest BCUT2D eigenvalue weighted by atomic mass is 10.1. The van der Waals surface area contributed by atoms with Gasteiger partial charge in [0, 0.05) is 6.54 Å². The molecule has 0 spiro atoms. The zero-order chi connectivity index (χ0) is 18.2. The number of carbonyl (C=O) groups excluding carboxylic acids is 1. The van der Waals surface area contributed by atoms with Crippen LogP contribution in [0.15, 0.2) is 42.5 Å². The maximum atomic E-state index is 11.8. The van der Waals surface area contributed by atoms with E-state index in [0.717, 1.165) is 16.9 Å². The average molecular weight is 343 g/mol. The van der Waals surface area contributed by atoms with Gasteiger partial charge in [0.15, 0.2) is 6.61 Å². The summed E-state index contributed by atoms with van der Waals surface area (Å²) in [6.45, 7) is 2.29. The molecule has 2 aromatic carbocycles. The molecule has 6 heteroatoms. The Morgan fingerprint density at radius 1 is 1.12 bits per heavy atom. The fourth-order valence-corrected chi connectivity index (χ4v) is 2.30. The Bertz CT molecular complexity index is 740. The number of hydrogen-bond acceptors (Lipinski definition) is 4. The first kappa shape index (κ1) is 18.3. The molecule has 2 aromatic rings. The van der Waals surface area contributed by atoms with Crippen LogP contribution < -0.4 is 14.8 Å². The summed E-state index contributed by atoms with van der Waals surface area (Å²) in [6.07, 6.45) is 0.618. The van der Waals surface area contributed by atoms with Gasteiger partial charge in [0.2, 0.25) is 0 Å². The SMILES string of the molecule is COc1ccc(OCC(=O)NCCc2ccc(C(=O)O)cc2)cc1C. The van der Waals surface area contributed by atoms with Gasteiger partial charge in [-0.1, -0.05) is 12.1 Å². The molecule has 0 radical (unpaired) electrons. The molecule has 0 saturated carbocycles. The number of rotatable bonds is 8. The van der Waals surface area contributed by atoms with Gasteiger partial charge in [-0.05, 0) is 54.8 Å². The van der Waals surface area contributed by atoms with E-state index in [0.29, 0.717) is 18.7 Å². The second-order valence-electron chi connectivity index (χ2n) is 5.52. The van der Waals surface area contributed by atoms with Crippen LogP contribution in [0, 0.1) is 6.92 Å². The number of hydrogen-bond donors (Lipinski definition) is 2. The smallest absolute Gasteiger partial charge is 0.335 e. The zero-order valence-electron chi connectivity index (χ0n) is 14.2. The Hall–Kier alpha value is -3.02.